The number of nitrogens with zero attached hydrogens (tertiary/aromatic N) is 1. The quantitative estimate of drug-likeness (QED) is 0.561. The number of carbonyl (C=O) groups excluding carboxylic acids is 1. The van der Waals surface area contributed by atoms with Gasteiger partial charge in [0.1, 0.15) is 11.2 Å². The van der Waals surface area contributed by atoms with Gasteiger partial charge in [0.25, 0.3) is 11.6 Å². The molecule has 0 aromatic heterocycles. The fraction of sp³-hybridized carbons (Fsp3) is 0.333. The summed E-state index contributed by atoms with van der Waals surface area (Å²) in [7, 11) is 0. The van der Waals surface area contributed by atoms with E-state index in [-0.39, 0.29) is 35.3 Å². The molecule has 0 saturated carbocycles. The average Bonchev–Trinajstić information content (AvgIpc) is 2.36. The highest BCUT2D eigenvalue weighted by molar-refractivity contribution is 5.97. The van der Waals surface area contributed by atoms with Crippen LogP contribution in [0.25, 0.3) is 0 Å². The van der Waals surface area contributed by atoms with Crippen LogP contribution in [-0.2, 0) is 9.59 Å². The van der Waals surface area contributed by atoms with Gasteiger partial charge in [-0.15, -0.1) is 0 Å². The summed E-state index contributed by atoms with van der Waals surface area (Å²) in [5.41, 5.74) is -1.52. The zero-order chi connectivity index (χ0) is 15.8. The van der Waals surface area contributed by atoms with Gasteiger partial charge in [-0.05, 0) is 19.9 Å². The number of aliphatic carboxylic acids is 1. The van der Waals surface area contributed by atoms with Crippen molar-refractivity contribution in [3.05, 3.63) is 22.2 Å². The molecule has 1 aromatic carbocycles. The van der Waals surface area contributed by atoms with Gasteiger partial charge in [0.15, 0.2) is 12.4 Å². The first-order valence-electron chi connectivity index (χ1n) is 5.97. The summed E-state index contributed by atoms with van der Waals surface area (Å²) in [4.78, 5) is 32.8. The minimum atomic E-state index is -1.42. The van der Waals surface area contributed by atoms with E-state index in [4.69, 9.17) is 9.84 Å². The van der Waals surface area contributed by atoms with E-state index in [1.807, 2.05) is 0 Å². The third-order valence-electron chi connectivity index (χ3n) is 2.91. The van der Waals surface area contributed by atoms with Crippen LogP contribution in [0.3, 0.4) is 0 Å². The second kappa shape index (κ2) is 4.93. The maximum Gasteiger partial charge on any atom is 0.328 e. The van der Waals surface area contributed by atoms with Gasteiger partial charge in [-0.3, -0.25) is 14.9 Å². The number of carbonyl (C=O) groups is 2. The predicted molar refractivity (Wildman–Crippen MR) is 72.6 cm³/mol. The standard InChI is InChI=1S/C12H13N3O6/c1-12(2,11(17)18)14-6-3-7-9(4-8(6)15(19)20)21-5-10(16)13-7/h3-4,14H,5H2,1-2H3,(H,13,16)(H,17,18). The fourth-order valence-corrected chi connectivity index (χ4v) is 1.76. The van der Waals surface area contributed by atoms with E-state index in [9.17, 15) is 19.7 Å². The second-order valence-corrected chi connectivity index (χ2v) is 5.01. The molecule has 1 aromatic rings. The lowest BCUT2D eigenvalue weighted by atomic mass is 10.0. The zero-order valence-corrected chi connectivity index (χ0v) is 11.3. The molecule has 3 N–H and O–H groups in total. The zero-order valence-electron chi connectivity index (χ0n) is 11.3. The lowest BCUT2D eigenvalue weighted by Crippen LogP contribution is -2.40. The molecule has 9 nitrogen and oxygen atoms in total. The molecular formula is C12H13N3O6. The van der Waals surface area contributed by atoms with Crippen LogP contribution in [0.5, 0.6) is 5.75 Å². The highest BCUT2D eigenvalue weighted by Crippen LogP contribution is 2.38. The van der Waals surface area contributed by atoms with E-state index in [1.54, 1.807) is 0 Å². The van der Waals surface area contributed by atoms with Gasteiger partial charge in [0.05, 0.1) is 16.7 Å². The van der Waals surface area contributed by atoms with Crippen LogP contribution in [0.2, 0.25) is 0 Å². The first kappa shape index (κ1) is 14.6. The Morgan fingerprint density at radius 1 is 1.52 bits per heavy atom. The monoisotopic (exact) mass is 295 g/mol. The van der Waals surface area contributed by atoms with Gasteiger partial charge >= 0.3 is 5.97 Å². The molecule has 0 aliphatic carbocycles. The van der Waals surface area contributed by atoms with Gasteiger partial charge in [0.2, 0.25) is 0 Å². The lowest BCUT2D eigenvalue weighted by molar-refractivity contribution is -0.384. The molecule has 0 unspecified atom stereocenters. The van der Waals surface area contributed by atoms with Crippen LogP contribution in [-0.4, -0.2) is 34.1 Å². The van der Waals surface area contributed by atoms with Crippen LogP contribution in [0.4, 0.5) is 17.1 Å². The first-order chi connectivity index (χ1) is 9.70. The number of carboxylic acids is 1. The Morgan fingerprint density at radius 3 is 2.76 bits per heavy atom. The van der Waals surface area contributed by atoms with Crippen molar-refractivity contribution in [1.82, 2.24) is 0 Å². The van der Waals surface area contributed by atoms with Gasteiger partial charge in [-0.1, -0.05) is 0 Å². The topological polar surface area (TPSA) is 131 Å². The summed E-state index contributed by atoms with van der Waals surface area (Å²) in [6, 6.07) is 2.43. The molecule has 0 fully saturated rings. The van der Waals surface area contributed by atoms with E-state index in [1.165, 1.54) is 19.9 Å². The molecule has 112 valence electrons. The molecule has 1 aliphatic rings. The Balaban J connectivity index is 2.48. The molecule has 2 rings (SSSR count). The largest absolute Gasteiger partial charge is 0.481 e. The summed E-state index contributed by atoms with van der Waals surface area (Å²) in [5.74, 6) is -1.39. The number of fused-ring (bicyclic) bond motifs is 1. The Kier molecular flexibility index (Phi) is 3.42. The lowest BCUT2D eigenvalue weighted by Gasteiger charge is -2.24. The summed E-state index contributed by atoms with van der Waals surface area (Å²) in [6.45, 7) is 2.51. The number of hydrogen-bond acceptors (Lipinski definition) is 6. The number of nitro benzene ring substituents is 1. The highest BCUT2D eigenvalue weighted by Gasteiger charge is 2.31. The second-order valence-electron chi connectivity index (χ2n) is 5.01. The van der Waals surface area contributed by atoms with E-state index in [0.29, 0.717) is 0 Å². The van der Waals surface area contributed by atoms with Crippen LogP contribution in [0.15, 0.2) is 12.1 Å². The molecule has 0 saturated heterocycles. The minimum absolute atomic E-state index is 0.0167. The summed E-state index contributed by atoms with van der Waals surface area (Å²) in [5, 5.41) is 25.3. The number of nitro groups is 1. The highest BCUT2D eigenvalue weighted by atomic mass is 16.6. The summed E-state index contributed by atoms with van der Waals surface area (Å²) in [6.07, 6.45) is 0. The Morgan fingerprint density at radius 2 is 2.19 bits per heavy atom. The van der Waals surface area contributed by atoms with Crippen molar-refractivity contribution in [3.8, 4) is 5.75 Å². The van der Waals surface area contributed by atoms with Gasteiger partial charge in [-0.2, -0.15) is 0 Å². The van der Waals surface area contributed by atoms with Crippen LogP contribution >= 0.6 is 0 Å². The number of ether oxygens (including phenoxy) is 1. The predicted octanol–water partition coefficient (Wildman–Crippen LogP) is 1.20. The van der Waals surface area contributed by atoms with Crippen LogP contribution in [0.1, 0.15) is 13.8 Å². The van der Waals surface area contributed by atoms with Gasteiger partial charge in [0, 0.05) is 0 Å². The SMILES string of the molecule is CC(C)(Nc1cc2c(cc1[N+](=O)[O-])OCC(=O)N2)C(=O)O. The molecule has 0 atom stereocenters. The maximum atomic E-state index is 11.3. The van der Waals surface area contributed by atoms with Crippen molar-refractivity contribution in [2.24, 2.45) is 0 Å². The minimum Gasteiger partial charge on any atom is -0.481 e. The Bertz CT molecular complexity index is 640. The number of anilines is 2. The van der Waals surface area contributed by atoms with Crippen molar-refractivity contribution in [1.29, 1.82) is 0 Å². The molecular weight excluding hydrogens is 282 g/mol. The van der Waals surface area contributed by atoms with Crippen molar-refractivity contribution in [2.45, 2.75) is 19.4 Å². The van der Waals surface area contributed by atoms with Crippen molar-refractivity contribution < 1.29 is 24.4 Å². The third-order valence-corrected chi connectivity index (χ3v) is 2.91. The molecule has 0 bridgehead atoms. The number of nitrogens with one attached hydrogen (secondary N) is 2. The molecule has 0 radical (unpaired) electrons. The summed E-state index contributed by atoms with van der Waals surface area (Å²) >= 11 is 0. The van der Waals surface area contributed by atoms with E-state index in [0.717, 1.165) is 6.07 Å². The van der Waals surface area contributed by atoms with Gasteiger partial charge < -0.3 is 20.5 Å². The maximum absolute atomic E-state index is 11.3. The fourth-order valence-electron chi connectivity index (χ4n) is 1.76. The smallest absolute Gasteiger partial charge is 0.328 e. The van der Waals surface area contributed by atoms with E-state index >= 15 is 0 Å². The van der Waals surface area contributed by atoms with Gasteiger partial charge in [-0.25, -0.2) is 4.79 Å². The number of hydrogen-bond donors (Lipinski definition) is 3. The molecule has 1 aliphatic heterocycles. The van der Waals surface area contributed by atoms with E-state index in [2.05, 4.69) is 10.6 Å². The number of benzene rings is 1. The summed E-state index contributed by atoms with van der Waals surface area (Å²) < 4.78 is 5.10. The number of carboxylic acid groups (broad SMARTS) is 1. The molecule has 1 amide bonds. The van der Waals surface area contributed by atoms with Crippen LogP contribution < -0.4 is 15.4 Å². The molecule has 0 spiro atoms. The van der Waals surface area contributed by atoms with E-state index < -0.39 is 16.4 Å². The molecule has 21 heavy (non-hydrogen) atoms. The Labute approximate surface area is 119 Å². The normalized spacial score (nSPS) is 13.7. The molecule has 1 heterocycles. The number of rotatable bonds is 4. The van der Waals surface area contributed by atoms with Crippen LogP contribution in [0, 0.1) is 10.1 Å². The average molecular weight is 295 g/mol. The Hall–Kier alpha value is -2.84. The first-order valence-corrected chi connectivity index (χ1v) is 5.97. The van der Waals surface area contributed by atoms with Crippen molar-refractivity contribution in [3.63, 3.8) is 0 Å². The van der Waals surface area contributed by atoms with Crippen molar-refractivity contribution in [2.75, 3.05) is 17.2 Å². The third kappa shape index (κ3) is 2.86. The molecule has 9 heteroatoms. The number of amides is 1. The van der Waals surface area contributed by atoms with Crippen molar-refractivity contribution >= 4 is 28.9 Å².